The first-order valence-electron chi connectivity index (χ1n) is 11.1. The number of carbonyl (C=O) groups excluding carboxylic acids is 6. The maximum absolute atomic E-state index is 13.1. The Kier molecular flexibility index (Phi) is 16.4. The van der Waals surface area contributed by atoms with Crippen molar-refractivity contribution in [1.82, 2.24) is 4.90 Å². The minimum absolute atomic E-state index is 0.0526. The summed E-state index contributed by atoms with van der Waals surface area (Å²) in [4.78, 5) is 72.0. The normalized spacial score (nSPS) is 12.2. The lowest BCUT2D eigenvalue weighted by atomic mass is 9.79. The van der Waals surface area contributed by atoms with Crippen LogP contribution in [-0.2, 0) is 57.2 Å². The molecule has 1 unspecified atom stereocenters. The van der Waals surface area contributed by atoms with E-state index in [1.807, 2.05) is 0 Å². The Bertz CT molecular complexity index is 734. The second-order valence-corrected chi connectivity index (χ2v) is 7.60. The fourth-order valence-electron chi connectivity index (χ4n) is 3.05. The van der Waals surface area contributed by atoms with Crippen LogP contribution in [0.5, 0.6) is 0 Å². The standard InChI is InChI=1S/C22H35NO13/c1-16(25)33-11-8-23(9-12-34-17(2)26)15-22(7-10-24,21(30)36-14-20(29)32-4)6-5-18(27)35-13-19(28)31-3/h24H,5-15H2,1-4H3. The van der Waals surface area contributed by atoms with Crippen molar-refractivity contribution in [3.8, 4) is 0 Å². The molecule has 0 heterocycles. The summed E-state index contributed by atoms with van der Waals surface area (Å²) in [7, 11) is 2.24. The van der Waals surface area contributed by atoms with Crippen LogP contribution < -0.4 is 0 Å². The zero-order valence-corrected chi connectivity index (χ0v) is 21.1. The molecule has 0 aromatic rings. The summed E-state index contributed by atoms with van der Waals surface area (Å²) in [5.74, 6) is -4.35. The highest BCUT2D eigenvalue weighted by Gasteiger charge is 2.42. The van der Waals surface area contributed by atoms with Crippen LogP contribution in [0.3, 0.4) is 0 Å². The molecule has 0 aromatic carbocycles. The maximum atomic E-state index is 13.1. The number of nitrogens with zero attached hydrogens (tertiary/aromatic N) is 1. The smallest absolute Gasteiger partial charge is 0.344 e. The van der Waals surface area contributed by atoms with Gasteiger partial charge in [0.05, 0.1) is 19.6 Å². The summed E-state index contributed by atoms with van der Waals surface area (Å²) < 4.78 is 28.7. The van der Waals surface area contributed by atoms with Gasteiger partial charge in [-0.15, -0.1) is 0 Å². The van der Waals surface area contributed by atoms with Gasteiger partial charge < -0.3 is 33.5 Å². The lowest BCUT2D eigenvalue weighted by Gasteiger charge is -2.36. The van der Waals surface area contributed by atoms with Gasteiger partial charge in [0.1, 0.15) is 13.2 Å². The predicted octanol–water partition coefficient (Wildman–Crippen LogP) is -1.00. The average molecular weight is 522 g/mol. The van der Waals surface area contributed by atoms with Crippen LogP contribution in [0, 0.1) is 5.41 Å². The Labute approximate surface area is 209 Å². The van der Waals surface area contributed by atoms with Gasteiger partial charge in [-0.3, -0.25) is 24.1 Å². The first kappa shape index (κ1) is 32.7. The molecular formula is C22H35NO13. The van der Waals surface area contributed by atoms with Crippen molar-refractivity contribution in [2.75, 3.05) is 66.9 Å². The molecule has 36 heavy (non-hydrogen) atoms. The highest BCUT2D eigenvalue weighted by Crippen LogP contribution is 2.32. The molecule has 0 aliphatic carbocycles. The number of aliphatic hydroxyl groups excluding tert-OH is 1. The van der Waals surface area contributed by atoms with Crippen LogP contribution in [-0.4, -0.2) is 113 Å². The zero-order valence-electron chi connectivity index (χ0n) is 21.1. The Hall–Kier alpha value is -3.26. The quantitative estimate of drug-likeness (QED) is 0.171. The third kappa shape index (κ3) is 14.2. The Morgan fingerprint density at radius 2 is 1.22 bits per heavy atom. The number of esters is 6. The molecule has 0 spiro atoms. The van der Waals surface area contributed by atoms with Crippen molar-refractivity contribution in [3.05, 3.63) is 0 Å². The SMILES string of the molecule is COC(=O)COC(=O)CCC(CCO)(CN(CCOC(C)=O)CCOC(C)=O)C(=O)OCC(=O)OC. The summed E-state index contributed by atoms with van der Waals surface area (Å²) in [6.45, 7) is 0.657. The van der Waals surface area contributed by atoms with Crippen LogP contribution in [0.15, 0.2) is 0 Å². The highest BCUT2D eigenvalue weighted by molar-refractivity contribution is 5.82. The Balaban J connectivity index is 5.78. The molecule has 0 radical (unpaired) electrons. The van der Waals surface area contributed by atoms with Gasteiger partial charge in [-0.2, -0.15) is 0 Å². The van der Waals surface area contributed by atoms with Crippen molar-refractivity contribution in [1.29, 1.82) is 0 Å². The van der Waals surface area contributed by atoms with Gasteiger partial charge >= 0.3 is 35.8 Å². The summed E-state index contributed by atoms with van der Waals surface area (Å²) in [5.41, 5.74) is -1.53. The fourth-order valence-corrected chi connectivity index (χ4v) is 3.05. The number of methoxy groups -OCH3 is 2. The minimum Gasteiger partial charge on any atom is -0.466 e. The summed E-state index contributed by atoms with van der Waals surface area (Å²) in [5, 5.41) is 9.72. The van der Waals surface area contributed by atoms with E-state index in [-0.39, 0.29) is 52.1 Å². The Morgan fingerprint density at radius 1 is 0.722 bits per heavy atom. The highest BCUT2D eigenvalue weighted by atomic mass is 16.6. The molecular weight excluding hydrogens is 486 g/mol. The van der Waals surface area contributed by atoms with Crippen molar-refractivity contribution in [2.45, 2.75) is 33.1 Å². The van der Waals surface area contributed by atoms with Crippen molar-refractivity contribution >= 4 is 35.8 Å². The van der Waals surface area contributed by atoms with E-state index in [4.69, 9.17) is 18.9 Å². The van der Waals surface area contributed by atoms with Crippen molar-refractivity contribution in [2.24, 2.45) is 5.41 Å². The zero-order chi connectivity index (χ0) is 27.6. The van der Waals surface area contributed by atoms with Crippen LogP contribution in [0.1, 0.15) is 33.1 Å². The number of ether oxygens (including phenoxy) is 6. The number of hydrogen-bond donors (Lipinski definition) is 1. The maximum Gasteiger partial charge on any atom is 0.344 e. The number of hydrogen-bond acceptors (Lipinski definition) is 14. The lowest BCUT2D eigenvalue weighted by molar-refractivity contribution is -0.168. The first-order valence-corrected chi connectivity index (χ1v) is 11.1. The molecule has 1 atom stereocenters. The van der Waals surface area contributed by atoms with E-state index in [0.717, 1.165) is 14.2 Å². The van der Waals surface area contributed by atoms with Crippen molar-refractivity contribution in [3.63, 3.8) is 0 Å². The van der Waals surface area contributed by atoms with Crippen LogP contribution >= 0.6 is 0 Å². The van der Waals surface area contributed by atoms with Crippen LogP contribution in [0.25, 0.3) is 0 Å². The molecule has 206 valence electrons. The molecule has 0 fully saturated rings. The molecule has 14 nitrogen and oxygen atoms in total. The van der Waals surface area contributed by atoms with E-state index in [2.05, 4.69) is 9.47 Å². The summed E-state index contributed by atoms with van der Waals surface area (Å²) in [6, 6.07) is 0. The number of rotatable bonds is 18. The van der Waals surface area contributed by atoms with Gasteiger partial charge in [0.2, 0.25) is 0 Å². The van der Waals surface area contributed by atoms with E-state index in [1.54, 1.807) is 4.90 Å². The average Bonchev–Trinajstić information content (AvgIpc) is 2.83. The van der Waals surface area contributed by atoms with E-state index in [0.29, 0.717) is 0 Å². The molecule has 0 rings (SSSR count). The van der Waals surface area contributed by atoms with E-state index >= 15 is 0 Å². The van der Waals surface area contributed by atoms with Gasteiger partial charge in [-0.05, 0) is 12.8 Å². The molecule has 1 N–H and O–H groups in total. The molecule has 14 heteroatoms. The Morgan fingerprint density at radius 3 is 1.67 bits per heavy atom. The second-order valence-electron chi connectivity index (χ2n) is 7.60. The molecule has 0 saturated heterocycles. The van der Waals surface area contributed by atoms with Crippen LogP contribution in [0.4, 0.5) is 0 Å². The largest absolute Gasteiger partial charge is 0.466 e. The van der Waals surface area contributed by atoms with Gasteiger partial charge in [-0.1, -0.05) is 0 Å². The fraction of sp³-hybridized carbons (Fsp3) is 0.727. The van der Waals surface area contributed by atoms with E-state index in [9.17, 15) is 33.9 Å². The third-order valence-electron chi connectivity index (χ3n) is 4.91. The monoisotopic (exact) mass is 521 g/mol. The molecule has 0 bridgehead atoms. The second kappa shape index (κ2) is 18.1. The summed E-state index contributed by atoms with van der Waals surface area (Å²) >= 11 is 0. The first-order chi connectivity index (χ1) is 17.0. The van der Waals surface area contributed by atoms with Gasteiger partial charge in [0.25, 0.3) is 0 Å². The topological polar surface area (TPSA) is 181 Å². The number of aliphatic hydroxyl groups is 1. The summed E-state index contributed by atoms with van der Waals surface area (Å²) in [6.07, 6.45) is -0.702. The lowest BCUT2D eigenvalue weighted by Crippen LogP contribution is -2.47. The molecule has 0 aromatic heterocycles. The molecule has 0 amide bonds. The number of carbonyl (C=O) groups is 6. The molecule has 0 saturated carbocycles. The molecule has 0 aliphatic heterocycles. The van der Waals surface area contributed by atoms with E-state index < -0.39 is 61.1 Å². The van der Waals surface area contributed by atoms with Crippen LogP contribution in [0.2, 0.25) is 0 Å². The minimum atomic E-state index is -1.53. The molecule has 0 aliphatic rings. The van der Waals surface area contributed by atoms with Crippen molar-refractivity contribution < 1.29 is 62.3 Å². The van der Waals surface area contributed by atoms with Gasteiger partial charge in [0.15, 0.2) is 13.2 Å². The van der Waals surface area contributed by atoms with E-state index in [1.165, 1.54) is 13.8 Å². The predicted molar refractivity (Wildman–Crippen MR) is 119 cm³/mol. The van der Waals surface area contributed by atoms with Gasteiger partial charge in [-0.25, -0.2) is 9.59 Å². The third-order valence-corrected chi connectivity index (χ3v) is 4.91. The van der Waals surface area contributed by atoms with Gasteiger partial charge in [0, 0.05) is 46.5 Å².